The van der Waals surface area contributed by atoms with Gasteiger partial charge in [0.25, 0.3) is 0 Å². The van der Waals surface area contributed by atoms with Crippen LogP contribution in [0.25, 0.3) is 0 Å². The van der Waals surface area contributed by atoms with Gasteiger partial charge in [-0.05, 0) is 18.6 Å². The second-order valence-corrected chi connectivity index (χ2v) is 4.76. The van der Waals surface area contributed by atoms with Crippen molar-refractivity contribution in [2.45, 2.75) is 32.6 Å². The fourth-order valence-electron chi connectivity index (χ4n) is 1.97. The maximum absolute atomic E-state index is 10.9. The number of aliphatic carboxylic acids is 1. The van der Waals surface area contributed by atoms with Crippen LogP contribution in [-0.2, 0) is 10.2 Å². The van der Waals surface area contributed by atoms with Crippen molar-refractivity contribution in [2.75, 3.05) is 7.11 Å². The number of methoxy groups -OCH3 is 1. The van der Waals surface area contributed by atoms with Crippen molar-refractivity contribution in [2.24, 2.45) is 0 Å². The van der Waals surface area contributed by atoms with Gasteiger partial charge in [0.1, 0.15) is 11.5 Å². The summed E-state index contributed by atoms with van der Waals surface area (Å²) < 4.78 is 5.20. The summed E-state index contributed by atoms with van der Waals surface area (Å²) in [4.78, 5) is 10.9. The molecule has 17 heavy (non-hydrogen) atoms. The molecule has 0 unspecified atom stereocenters. The summed E-state index contributed by atoms with van der Waals surface area (Å²) >= 11 is 0. The molecule has 0 heterocycles. The van der Waals surface area contributed by atoms with Gasteiger partial charge in [0.05, 0.1) is 13.5 Å². The molecule has 0 saturated heterocycles. The normalized spacial score (nSPS) is 11.3. The Morgan fingerprint density at radius 2 is 2.00 bits per heavy atom. The molecule has 0 bridgehead atoms. The molecular weight excluding hydrogens is 220 g/mol. The van der Waals surface area contributed by atoms with Gasteiger partial charge in [-0.1, -0.05) is 19.9 Å². The Morgan fingerprint density at radius 1 is 1.41 bits per heavy atom. The molecule has 4 heteroatoms. The highest BCUT2D eigenvalue weighted by molar-refractivity contribution is 5.70. The van der Waals surface area contributed by atoms with Crippen molar-refractivity contribution in [3.8, 4) is 11.5 Å². The van der Waals surface area contributed by atoms with E-state index in [2.05, 4.69) is 0 Å². The smallest absolute Gasteiger partial charge is 0.304 e. The molecule has 0 atom stereocenters. The number of carbonyl (C=O) groups is 1. The van der Waals surface area contributed by atoms with Crippen LogP contribution in [0.4, 0.5) is 0 Å². The molecule has 0 amide bonds. The maximum Gasteiger partial charge on any atom is 0.304 e. The first-order valence-electron chi connectivity index (χ1n) is 5.38. The van der Waals surface area contributed by atoms with Crippen molar-refractivity contribution < 1.29 is 19.7 Å². The number of phenols is 1. The summed E-state index contributed by atoms with van der Waals surface area (Å²) in [6.07, 6.45) is -0.0691. The summed E-state index contributed by atoms with van der Waals surface area (Å²) in [5, 5.41) is 19.0. The van der Waals surface area contributed by atoms with Crippen LogP contribution in [0.3, 0.4) is 0 Å². The van der Waals surface area contributed by atoms with E-state index in [0.717, 1.165) is 0 Å². The summed E-state index contributed by atoms with van der Waals surface area (Å²) in [6.45, 7) is 5.32. The third-order valence-corrected chi connectivity index (χ3v) is 2.83. The molecule has 0 aliphatic rings. The lowest BCUT2D eigenvalue weighted by Crippen LogP contribution is -2.22. The van der Waals surface area contributed by atoms with Crippen LogP contribution in [0.1, 0.15) is 31.4 Å². The number of carboxylic acid groups (broad SMARTS) is 1. The molecule has 0 radical (unpaired) electrons. The van der Waals surface area contributed by atoms with Crippen molar-refractivity contribution in [3.63, 3.8) is 0 Å². The second-order valence-electron chi connectivity index (χ2n) is 4.76. The van der Waals surface area contributed by atoms with E-state index in [0.29, 0.717) is 16.9 Å². The van der Waals surface area contributed by atoms with Crippen LogP contribution in [0.15, 0.2) is 12.1 Å². The fraction of sp³-hybridized carbons (Fsp3) is 0.462. The van der Waals surface area contributed by atoms with Gasteiger partial charge in [0.2, 0.25) is 0 Å². The zero-order valence-corrected chi connectivity index (χ0v) is 10.6. The van der Waals surface area contributed by atoms with Crippen molar-refractivity contribution in [1.29, 1.82) is 0 Å². The highest BCUT2D eigenvalue weighted by Crippen LogP contribution is 2.41. The molecule has 0 aromatic heterocycles. The summed E-state index contributed by atoms with van der Waals surface area (Å²) in [5.41, 5.74) is 0.564. The first-order valence-corrected chi connectivity index (χ1v) is 5.38. The largest absolute Gasteiger partial charge is 0.507 e. The maximum atomic E-state index is 10.9. The van der Waals surface area contributed by atoms with E-state index in [1.165, 1.54) is 7.11 Å². The Balaban J connectivity index is 3.37. The highest BCUT2D eigenvalue weighted by Gasteiger charge is 2.31. The first kappa shape index (κ1) is 13.4. The molecule has 1 rings (SSSR count). The Labute approximate surface area is 101 Å². The lowest BCUT2D eigenvalue weighted by molar-refractivity contribution is -0.138. The highest BCUT2D eigenvalue weighted by atomic mass is 16.5. The Kier molecular flexibility index (Phi) is 3.66. The lowest BCUT2D eigenvalue weighted by Gasteiger charge is -2.26. The molecule has 0 aliphatic carbocycles. The molecule has 94 valence electrons. The van der Waals surface area contributed by atoms with Crippen molar-refractivity contribution >= 4 is 5.97 Å². The fourth-order valence-corrected chi connectivity index (χ4v) is 1.97. The van der Waals surface area contributed by atoms with E-state index in [4.69, 9.17) is 9.84 Å². The first-order chi connectivity index (χ1) is 7.79. The van der Waals surface area contributed by atoms with Crippen LogP contribution >= 0.6 is 0 Å². The van der Waals surface area contributed by atoms with Crippen LogP contribution in [0, 0.1) is 6.92 Å². The standard InChI is InChI=1S/C13H18O4/c1-8-5-6-9(17-4)11(12(8)16)13(2,3)7-10(14)15/h5-6,16H,7H2,1-4H3,(H,14,15). The van der Waals surface area contributed by atoms with Gasteiger partial charge in [-0.15, -0.1) is 0 Å². The number of hydrogen-bond acceptors (Lipinski definition) is 3. The van der Waals surface area contributed by atoms with E-state index in [-0.39, 0.29) is 12.2 Å². The summed E-state index contributed by atoms with van der Waals surface area (Å²) in [5.74, 6) is -0.284. The van der Waals surface area contributed by atoms with E-state index < -0.39 is 11.4 Å². The van der Waals surface area contributed by atoms with E-state index in [9.17, 15) is 9.90 Å². The Morgan fingerprint density at radius 3 is 2.47 bits per heavy atom. The van der Waals surface area contributed by atoms with E-state index in [1.54, 1.807) is 32.9 Å². The van der Waals surface area contributed by atoms with Crippen LogP contribution in [0.2, 0.25) is 0 Å². The number of carboxylic acids is 1. The number of aryl methyl sites for hydroxylation is 1. The average Bonchev–Trinajstić information content (AvgIpc) is 2.19. The number of rotatable bonds is 4. The minimum Gasteiger partial charge on any atom is -0.507 e. The Bertz CT molecular complexity index is 435. The molecule has 0 spiro atoms. The van der Waals surface area contributed by atoms with Crippen molar-refractivity contribution in [1.82, 2.24) is 0 Å². The van der Waals surface area contributed by atoms with Gasteiger partial charge in [-0.3, -0.25) is 4.79 Å². The van der Waals surface area contributed by atoms with Gasteiger partial charge in [0, 0.05) is 11.0 Å². The zero-order chi connectivity index (χ0) is 13.2. The lowest BCUT2D eigenvalue weighted by atomic mass is 9.79. The molecule has 0 aliphatic heterocycles. The van der Waals surface area contributed by atoms with Gasteiger partial charge in [-0.25, -0.2) is 0 Å². The molecule has 2 N–H and O–H groups in total. The number of aromatic hydroxyl groups is 1. The second kappa shape index (κ2) is 4.65. The predicted molar refractivity (Wildman–Crippen MR) is 64.7 cm³/mol. The van der Waals surface area contributed by atoms with Crippen LogP contribution in [-0.4, -0.2) is 23.3 Å². The summed E-state index contributed by atoms with van der Waals surface area (Å²) in [6, 6.07) is 3.49. The molecule has 1 aromatic rings. The molecule has 1 aromatic carbocycles. The minimum absolute atomic E-state index is 0.0691. The Hall–Kier alpha value is -1.71. The number of hydrogen-bond donors (Lipinski definition) is 2. The average molecular weight is 238 g/mol. The van der Waals surface area contributed by atoms with Crippen molar-refractivity contribution in [3.05, 3.63) is 23.3 Å². The van der Waals surface area contributed by atoms with Gasteiger partial charge >= 0.3 is 5.97 Å². The van der Waals surface area contributed by atoms with Crippen LogP contribution < -0.4 is 4.74 Å². The third kappa shape index (κ3) is 2.70. The van der Waals surface area contributed by atoms with E-state index >= 15 is 0 Å². The molecule has 0 saturated carbocycles. The molecule has 0 fully saturated rings. The SMILES string of the molecule is COc1ccc(C)c(O)c1C(C)(C)CC(=O)O. The number of benzene rings is 1. The zero-order valence-electron chi connectivity index (χ0n) is 10.6. The predicted octanol–water partition coefficient (Wildman–Crippen LogP) is 2.46. The summed E-state index contributed by atoms with van der Waals surface area (Å²) in [7, 11) is 1.50. The van der Waals surface area contributed by atoms with Crippen LogP contribution in [0.5, 0.6) is 11.5 Å². The van der Waals surface area contributed by atoms with Gasteiger partial charge in [0.15, 0.2) is 0 Å². The number of ether oxygens (including phenoxy) is 1. The van der Waals surface area contributed by atoms with E-state index in [1.807, 2.05) is 0 Å². The quantitative estimate of drug-likeness (QED) is 0.845. The minimum atomic E-state index is -0.905. The van der Waals surface area contributed by atoms with Gasteiger partial charge in [-0.2, -0.15) is 0 Å². The monoisotopic (exact) mass is 238 g/mol. The third-order valence-electron chi connectivity index (χ3n) is 2.83. The number of phenolic OH excluding ortho intramolecular Hbond substituents is 1. The topological polar surface area (TPSA) is 66.8 Å². The molecular formula is C13H18O4. The molecule has 4 nitrogen and oxygen atoms in total. The van der Waals surface area contributed by atoms with Gasteiger partial charge < -0.3 is 14.9 Å².